The maximum absolute atomic E-state index is 5.57. The van der Waals surface area contributed by atoms with Crippen LogP contribution in [0, 0.1) is 0 Å². The topological polar surface area (TPSA) is 44.5 Å². The number of benzene rings is 1. The molecule has 0 amide bonds. The van der Waals surface area contributed by atoms with Gasteiger partial charge in [-0.25, -0.2) is 0 Å². The standard InChI is InChI=1S/C13H21NO2/c1-2-15-10-3-11-16-13-6-4-12(5-7-13)8-9-14/h4-7H,2-3,8-11,14H2,1H3. The van der Waals surface area contributed by atoms with Gasteiger partial charge in [0.1, 0.15) is 5.75 Å². The molecule has 90 valence electrons. The highest BCUT2D eigenvalue weighted by atomic mass is 16.5. The third-order valence-corrected chi connectivity index (χ3v) is 2.26. The summed E-state index contributed by atoms with van der Waals surface area (Å²) < 4.78 is 10.8. The van der Waals surface area contributed by atoms with Crippen molar-refractivity contribution < 1.29 is 9.47 Å². The molecule has 0 bridgehead atoms. The molecular weight excluding hydrogens is 202 g/mol. The van der Waals surface area contributed by atoms with Crippen LogP contribution in [0.4, 0.5) is 0 Å². The lowest BCUT2D eigenvalue weighted by molar-refractivity contribution is 0.131. The Kier molecular flexibility index (Phi) is 6.61. The van der Waals surface area contributed by atoms with Crippen LogP contribution in [0.15, 0.2) is 24.3 Å². The van der Waals surface area contributed by atoms with Gasteiger partial charge >= 0.3 is 0 Å². The number of nitrogens with two attached hydrogens (primary N) is 1. The summed E-state index contributed by atoms with van der Waals surface area (Å²) in [6.45, 7) is 4.93. The Bertz CT molecular complexity index is 272. The van der Waals surface area contributed by atoms with Gasteiger partial charge < -0.3 is 15.2 Å². The lowest BCUT2D eigenvalue weighted by atomic mass is 10.1. The molecule has 1 aromatic carbocycles. The lowest BCUT2D eigenvalue weighted by Crippen LogP contribution is -2.04. The van der Waals surface area contributed by atoms with E-state index < -0.39 is 0 Å². The first kappa shape index (κ1) is 13.0. The fourth-order valence-corrected chi connectivity index (χ4v) is 1.41. The van der Waals surface area contributed by atoms with Crippen molar-refractivity contribution in [3.8, 4) is 5.75 Å². The molecule has 0 aliphatic rings. The zero-order valence-electron chi connectivity index (χ0n) is 9.95. The second-order valence-electron chi connectivity index (χ2n) is 3.58. The van der Waals surface area contributed by atoms with Crippen LogP contribution in [0.3, 0.4) is 0 Å². The number of hydrogen-bond acceptors (Lipinski definition) is 3. The maximum Gasteiger partial charge on any atom is 0.119 e. The smallest absolute Gasteiger partial charge is 0.119 e. The van der Waals surface area contributed by atoms with Gasteiger partial charge in [-0.2, -0.15) is 0 Å². The third-order valence-electron chi connectivity index (χ3n) is 2.26. The molecule has 0 saturated heterocycles. The predicted molar refractivity (Wildman–Crippen MR) is 65.8 cm³/mol. The molecule has 16 heavy (non-hydrogen) atoms. The Morgan fingerprint density at radius 3 is 2.50 bits per heavy atom. The number of ether oxygens (including phenoxy) is 2. The molecule has 0 fully saturated rings. The summed E-state index contributed by atoms with van der Waals surface area (Å²) in [4.78, 5) is 0. The molecule has 0 saturated carbocycles. The highest BCUT2D eigenvalue weighted by Gasteiger charge is 1.95. The molecule has 0 heterocycles. The van der Waals surface area contributed by atoms with Gasteiger partial charge in [-0.15, -0.1) is 0 Å². The van der Waals surface area contributed by atoms with Crippen molar-refractivity contribution in [3.05, 3.63) is 29.8 Å². The van der Waals surface area contributed by atoms with Crippen molar-refractivity contribution in [1.82, 2.24) is 0 Å². The second kappa shape index (κ2) is 8.13. The normalized spacial score (nSPS) is 10.4. The Morgan fingerprint density at radius 1 is 1.12 bits per heavy atom. The van der Waals surface area contributed by atoms with Gasteiger partial charge in [0, 0.05) is 19.6 Å². The van der Waals surface area contributed by atoms with E-state index in [2.05, 4.69) is 12.1 Å². The molecule has 2 N–H and O–H groups in total. The number of rotatable bonds is 8. The second-order valence-corrected chi connectivity index (χ2v) is 3.58. The van der Waals surface area contributed by atoms with Crippen molar-refractivity contribution in [2.45, 2.75) is 19.8 Å². The summed E-state index contributed by atoms with van der Waals surface area (Å²) in [7, 11) is 0. The fraction of sp³-hybridized carbons (Fsp3) is 0.538. The Hall–Kier alpha value is -1.06. The van der Waals surface area contributed by atoms with E-state index in [1.807, 2.05) is 19.1 Å². The summed E-state index contributed by atoms with van der Waals surface area (Å²) in [6, 6.07) is 8.10. The van der Waals surface area contributed by atoms with E-state index in [0.29, 0.717) is 13.2 Å². The van der Waals surface area contributed by atoms with E-state index in [-0.39, 0.29) is 0 Å². The van der Waals surface area contributed by atoms with E-state index in [9.17, 15) is 0 Å². The zero-order valence-corrected chi connectivity index (χ0v) is 9.95. The zero-order chi connectivity index (χ0) is 11.6. The molecule has 1 aromatic rings. The summed E-state index contributed by atoms with van der Waals surface area (Å²) in [5, 5.41) is 0. The van der Waals surface area contributed by atoms with Crippen LogP contribution in [0.25, 0.3) is 0 Å². The van der Waals surface area contributed by atoms with Crippen molar-refractivity contribution in [2.75, 3.05) is 26.4 Å². The minimum atomic E-state index is 0.689. The molecule has 3 heteroatoms. The first-order chi connectivity index (χ1) is 7.86. The summed E-state index contributed by atoms with van der Waals surface area (Å²) in [5.74, 6) is 0.914. The monoisotopic (exact) mass is 223 g/mol. The van der Waals surface area contributed by atoms with Crippen LogP contribution in [-0.4, -0.2) is 26.4 Å². The summed E-state index contributed by atoms with van der Waals surface area (Å²) >= 11 is 0. The number of hydrogen-bond donors (Lipinski definition) is 1. The minimum Gasteiger partial charge on any atom is -0.494 e. The van der Waals surface area contributed by atoms with E-state index in [1.54, 1.807) is 0 Å². The summed E-state index contributed by atoms with van der Waals surface area (Å²) in [6.07, 6.45) is 1.85. The molecule has 0 unspecified atom stereocenters. The Labute approximate surface area is 97.6 Å². The fourth-order valence-electron chi connectivity index (χ4n) is 1.41. The Balaban J connectivity index is 2.21. The molecule has 0 aliphatic carbocycles. The average Bonchev–Trinajstić information content (AvgIpc) is 2.31. The largest absolute Gasteiger partial charge is 0.494 e. The lowest BCUT2D eigenvalue weighted by Gasteiger charge is -2.07. The highest BCUT2D eigenvalue weighted by molar-refractivity contribution is 5.27. The van der Waals surface area contributed by atoms with Crippen molar-refractivity contribution >= 4 is 0 Å². The van der Waals surface area contributed by atoms with Gasteiger partial charge in [-0.05, 0) is 37.6 Å². The van der Waals surface area contributed by atoms with E-state index in [1.165, 1.54) is 5.56 Å². The maximum atomic E-state index is 5.57. The van der Waals surface area contributed by atoms with Crippen molar-refractivity contribution in [3.63, 3.8) is 0 Å². The molecule has 0 aliphatic heterocycles. The van der Waals surface area contributed by atoms with Crippen LogP contribution in [0.1, 0.15) is 18.9 Å². The molecular formula is C13H21NO2. The first-order valence-electron chi connectivity index (χ1n) is 5.86. The van der Waals surface area contributed by atoms with Crippen LogP contribution in [-0.2, 0) is 11.2 Å². The van der Waals surface area contributed by atoms with Gasteiger partial charge in [0.15, 0.2) is 0 Å². The van der Waals surface area contributed by atoms with E-state index in [0.717, 1.165) is 31.8 Å². The molecule has 1 rings (SSSR count). The van der Waals surface area contributed by atoms with Crippen molar-refractivity contribution in [1.29, 1.82) is 0 Å². The average molecular weight is 223 g/mol. The van der Waals surface area contributed by atoms with E-state index >= 15 is 0 Å². The quantitative estimate of drug-likeness (QED) is 0.685. The van der Waals surface area contributed by atoms with Gasteiger partial charge in [0.2, 0.25) is 0 Å². The van der Waals surface area contributed by atoms with Gasteiger partial charge in [0.25, 0.3) is 0 Å². The summed E-state index contributed by atoms with van der Waals surface area (Å²) in [5.41, 5.74) is 6.73. The van der Waals surface area contributed by atoms with Gasteiger partial charge in [-0.3, -0.25) is 0 Å². The predicted octanol–water partition coefficient (Wildman–Crippen LogP) is 1.99. The van der Waals surface area contributed by atoms with Crippen LogP contribution in [0.2, 0.25) is 0 Å². The molecule has 0 aromatic heterocycles. The van der Waals surface area contributed by atoms with Gasteiger partial charge in [0.05, 0.1) is 6.61 Å². The first-order valence-corrected chi connectivity index (χ1v) is 5.86. The minimum absolute atomic E-state index is 0.689. The highest BCUT2D eigenvalue weighted by Crippen LogP contribution is 2.12. The van der Waals surface area contributed by atoms with Crippen molar-refractivity contribution in [2.24, 2.45) is 5.73 Å². The molecule has 0 atom stereocenters. The van der Waals surface area contributed by atoms with E-state index in [4.69, 9.17) is 15.2 Å². The van der Waals surface area contributed by atoms with Gasteiger partial charge in [-0.1, -0.05) is 12.1 Å². The molecule has 0 spiro atoms. The SMILES string of the molecule is CCOCCCOc1ccc(CCN)cc1. The molecule has 0 radical (unpaired) electrons. The van der Waals surface area contributed by atoms with Crippen LogP contribution >= 0.6 is 0 Å². The molecule has 3 nitrogen and oxygen atoms in total. The third kappa shape index (κ3) is 5.14. The van der Waals surface area contributed by atoms with Crippen LogP contribution < -0.4 is 10.5 Å². The Morgan fingerprint density at radius 2 is 1.88 bits per heavy atom. The van der Waals surface area contributed by atoms with Crippen LogP contribution in [0.5, 0.6) is 5.75 Å².